The van der Waals surface area contributed by atoms with Gasteiger partial charge in [0, 0.05) is 12.3 Å². The molecule has 5 heteroatoms. The maximum absolute atomic E-state index is 12.6. The van der Waals surface area contributed by atoms with Crippen LogP contribution in [0.4, 0.5) is 11.4 Å². The lowest BCUT2D eigenvalue weighted by Gasteiger charge is -2.12. The fourth-order valence-electron chi connectivity index (χ4n) is 2.49. The molecular weight excluding hydrogens is 302 g/mol. The van der Waals surface area contributed by atoms with E-state index in [1.54, 1.807) is 6.21 Å². The van der Waals surface area contributed by atoms with Crippen LogP contribution in [-0.2, 0) is 4.79 Å². The van der Waals surface area contributed by atoms with E-state index in [4.69, 9.17) is 4.74 Å². The minimum absolute atomic E-state index is 0.0941. The summed E-state index contributed by atoms with van der Waals surface area (Å²) in [7, 11) is 0. The van der Waals surface area contributed by atoms with Gasteiger partial charge in [-0.05, 0) is 38.1 Å². The van der Waals surface area contributed by atoms with Crippen molar-refractivity contribution < 1.29 is 9.53 Å². The lowest BCUT2D eigenvalue weighted by molar-refractivity contribution is -0.118. The summed E-state index contributed by atoms with van der Waals surface area (Å²) >= 11 is 0. The quantitative estimate of drug-likeness (QED) is 0.786. The van der Waals surface area contributed by atoms with E-state index in [1.165, 1.54) is 5.01 Å². The summed E-state index contributed by atoms with van der Waals surface area (Å²) in [5.74, 6) is 0.227. The Morgan fingerprint density at radius 2 is 2.00 bits per heavy atom. The molecule has 0 unspecified atom stereocenters. The molecule has 0 N–H and O–H groups in total. The molecular formula is C19H19N3O2. The van der Waals surface area contributed by atoms with Crippen molar-refractivity contribution in [3.63, 3.8) is 0 Å². The summed E-state index contributed by atoms with van der Waals surface area (Å²) < 4.78 is 5.46. The number of benzene rings is 2. The van der Waals surface area contributed by atoms with Gasteiger partial charge in [-0.3, -0.25) is 9.79 Å². The van der Waals surface area contributed by atoms with E-state index in [2.05, 4.69) is 10.1 Å². The molecule has 0 radical (unpaired) electrons. The largest absolute Gasteiger partial charge is 0.494 e. The number of aliphatic imine (C=N–C) groups is 1. The standard InChI is InChI=1S/C19H19N3O2/c1-3-24-17-11-7-8-15(12-17)20-13-18-14(2)21-22(19(18)23)16-9-5-4-6-10-16/h4-13,18H,3H2,1-2H3/t18-/m1/s1. The Kier molecular flexibility index (Phi) is 4.70. The van der Waals surface area contributed by atoms with Crippen molar-refractivity contribution in [1.29, 1.82) is 0 Å². The number of rotatable bonds is 5. The van der Waals surface area contributed by atoms with Crippen LogP contribution < -0.4 is 9.75 Å². The lowest BCUT2D eigenvalue weighted by atomic mass is 10.1. The van der Waals surface area contributed by atoms with Gasteiger partial charge in [0.2, 0.25) is 0 Å². The molecule has 0 aliphatic carbocycles. The maximum atomic E-state index is 12.6. The van der Waals surface area contributed by atoms with Gasteiger partial charge in [0.25, 0.3) is 5.91 Å². The predicted octanol–water partition coefficient (Wildman–Crippen LogP) is 3.83. The van der Waals surface area contributed by atoms with Crippen molar-refractivity contribution in [2.75, 3.05) is 11.6 Å². The van der Waals surface area contributed by atoms with Crippen molar-refractivity contribution in [3.8, 4) is 5.75 Å². The summed E-state index contributed by atoms with van der Waals surface area (Å²) in [6, 6.07) is 16.9. The monoisotopic (exact) mass is 321 g/mol. The number of hydrogen-bond donors (Lipinski definition) is 0. The second kappa shape index (κ2) is 7.08. The fraction of sp³-hybridized carbons (Fsp3) is 0.211. The van der Waals surface area contributed by atoms with E-state index in [0.29, 0.717) is 6.61 Å². The van der Waals surface area contributed by atoms with E-state index in [0.717, 1.165) is 22.8 Å². The lowest BCUT2D eigenvalue weighted by Crippen LogP contribution is -2.27. The van der Waals surface area contributed by atoms with Crippen LogP contribution in [0.25, 0.3) is 0 Å². The van der Waals surface area contributed by atoms with Crippen molar-refractivity contribution >= 4 is 29.2 Å². The summed E-state index contributed by atoms with van der Waals surface area (Å²) in [4.78, 5) is 17.0. The number of hydrogen-bond acceptors (Lipinski definition) is 4. The van der Waals surface area contributed by atoms with Gasteiger partial charge in [0.15, 0.2) is 0 Å². The first kappa shape index (κ1) is 15.9. The zero-order valence-corrected chi connectivity index (χ0v) is 13.7. The number of hydrazone groups is 1. The van der Waals surface area contributed by atoms with Gasteiger partial charge in [0.1, 0.15) is 11.7 Å². The number of nitrogens with zero attached hydrogens (tertiary/aromatic N) is 3. The number of ether oxygens (including phenoxy) is 1. The van der Waals surface area contributed by atoms with Crippen molar-refractivity contribution in [2.24, 2.45) is 16.0 Å². The third-order valence-electron chi connectivity index (χ3n) is 3.68. The van der Waals surface area contributed by atoms with Gasteiger partial charge in [-0.1, -0.05) is 24.3 Å². The third-order valence-corrected chi connectivity index (χ3v) is 3.68. The van der Waals surface area contributed by atoms with Gasteiger partial charge in [-0.15, -0.1) is 0 Å². The average Bonchev–Trinajstić information content (AvgIpc) is 2.89. The Morgan fingerprint density at radius 3 is 2.75 bits per heavy atom. The first-order valence-electron chi connectivity index (χ1n) is 7.90. The van der Waals surface area contributed by atoms with Gasteiger partial charge in [-0.2, -0.15) is 10.1 Å². The minimum atomic E-state index is -0.444. The van der Waals surface area contributed by atoms with E-state index in [9.17, 15) is 4.79 Å². The number of carbonyl (C=O) groups excluding carboxylic acids is 1. The maximum Gasteiger partial charge on any atom is 0.261 e. The van der Waals surface area contributed by atoms with Gasteiger partial charge in [0.05, 0.1) is 23.7 Å². The molecule has 0 spiro atoms. The Morgan fingerprint density at radius 1 is 1.21 bits per heavy atom. The Hall–Kier alpha value is -2.95. The van der Waals surface area contributed by atoms with E-state index >= 15 is 0 Å². The van der Waals surface area contributed by atoms with E-state index < -0.39 is 5.92 Å². The topological polar surface area (TPSA) is 54.3 Å². The molecule has 1 aliphatic rings. The van der Waals surface area contributed by atoms with Crippen LogP contribution in [0.5, 0.6) is 5.75 Å². The normalized spacial score (nSPS) is 17.4. The second-order valence-corrected chi connectivity index (χ2v) is 5.41. The number of amides is 1. The molecule has 1 amide bonds. The number of carbonyl (C=O) groups is 1. The van der Waals surface area contributed by atoms with Gasteiger partial charge >= 0.3 is 0 Å². The van der Waals surface area contributed by atoms with Crippen LogP contribution in [0, 0.1) is 5.92 Å². The highest BCUT2D eigenvalue weighted by atomic mass is 16.5. The van der Waals surface area contributed by atoms with Crippen LogP contribution in [-0.4, -0.2) is 24.4 Å². The first-order chi connectivity index (χ1) is 11.7. The predicted molar refractivity (Wildman–Crippen MR) is 96.3 cm³/mol. The van der Waals surface area contributed by atoms with Crippen LogP contribution in [0.1, 0.15) is 13.8 Å². The Labute approximate surface area is 141 Å². The highest BCUT2D eigenvalue weighted by Crippen LogP contribution is 2.24. The molecule has 122 valence electrons. The smallest absolute Gasteiger partial charge is 0.261 e. The summed E-state index contributed by atoms with van der Waals surface area (Å²) in [5.41, 5.74) is 2.24. The number of anilines is 1. The molecule has 3 rings (SSSR count). The molecule has 2 aromatic carbocycles. The molecule has 0 saturated heterocycles. The summed E-state index contributed by atoms with van der Waals surface area (Å²) in [6.45, 7) is 4.38. The third kappa shape index (κ3) is 3.35. The van der Waals surface area contributed by atoms with Crippen LogP contribution in [0.15, 0.2) is 64.7 Å². The summed E-state index contributed by atoms with van der Waals surface area (Å²) in [6.07, 6.45) is 1.65. The van der Waals surface area contributed by atoms with Crippen LogP contribution in [0.3, 0.4) is 0 Å². The van der Waals surface area contributed by atoms with E-state index in [-0.39, 0.29) is 5.91 Å². The zero-order chi connectivity index (χ0) is 16.9. The SMILES string of the molecule is CCOc1cccc(N=C[C@H]2C(=O)N(c3ccccc3)N=C2C)c1. The molecule has 0 fully saturated rings. The molecule has 0 aromatic heterocycles. The van der Waals surface area contributed by atoms with Gasteiger partial charge < -0.3 is 4.74 Å². The summed E-state index contributed by atoms with van der Waals surface area (Å²) in [5, 5.41) is 5.80. The molecule has 0 saturated carbocycles. The highest BCUT2D eigenvalue weighted by molar-refractivity contribution is 6.23. The molecule has 1 atom stereocenters. The van der Waals surface area contributed by atoms with Crippen LogP contribution in [0.2, 0.25) is 0 Å². The van der Waals surface area contributed by atoms with Gasteiger partial charge in [-0.25, -0.2) is 0 Å². The highest BCUT2D eigenvalue weighted by Gasteiger charge is 2.33. The van der Waals surface area contributed by atoms with Crippen molar-refractivity contribution in [1.82, 2.24) is 0 Å². The molecule has 2 aromatic rings. The first-order valence-corrected chi connectivity index (χ1v) is 7.90. The molecule has 1 aliphatic heterocycles. The van der Waals surface area contributed by atoms with E-state index in [1.807, 2.05) is 68.4 Å². The zero-order valence-electron chi connectivity index (χ0n) is 13.7. The molecule has 0 bridgehead atoms. The molecule has 5 nitrogen and oxygen atoms in total. The second-order valence-electron chi connectivity index (χ2n) is 5.41. The van der Waals surface area contributed by atoms with Crippen molar-refractivity contribution in [2.45, 2.75) is 13.8 Å². The Bertz CT molecular complexity index is 784. The Balaban J connectivity index is 1.77. The average molecular weight is 321 g/mol. The number of para-hydroxylation sites is 1. The fourth-order valence-corrected chi connectivity index (χ4v) is 2.49. The van der Waals surface area contributed by atoms with Crippen molar-refractivity contribution in [3.05, 3.63) is 54.6 Å². The minimum Gasteiger partial charge on any atom is -0.494 e. The molecule has 1 heterocycles. The molecule has 24 heavy (non-hydrogen) atoms. The van der Waals surface area contributed by atoms with Crippen LogP contribution >= 0.6 is 0 Å².